The second-order valence-corrected chi connectivity index (χ2v) is 9.82. The van der Waals surface area contributed by atoms with Crippen LogP contribution in [0.25, 0.3) is 10.2 Å². The number of fused-ring (bicyclic) bond motifs is 3. The van der Waals surface area contributed by atoms with Gasteiger partial charge < -0.3 is 4.74 Å². The van der Waals surface area contributed by atoms with Gasteiger partial charge in [-0.05, 0) is 70.3 Å². The van der Waals surface area contributed by atoms with Crippen LogP contribution < -0.4 is 0 Å². The Morgan fingerprint density at radius 2 is 2.04 bits per heavy atom. The number of hydrogen-bond acceptors (Lipinski definition) is 5. The van der Waals surface area contributed by atoms with Crippen LogP contribution in [0.15, 0.2) is 6.33 Å². The van der Waals surface area contributed by atoms with Crippen molar-refractivity contribution in [2.75, 3.05) is 0 Å². The Morgan fingerprint density at radius 3 is 2.73 bits per heavy atom. The van der Waals surface area contributed by atoms with Gasteiger partial charge in [0.25, 0.3) is 0 Å². The minimum atomic E-state index is -0.403. The summed E-state index contributed by atoms with van der Waals surface area (Å²) in [4.78, 5) is 23.6. The molecule has 5 heteroatoms. The summed E-state index contributed by atoms with van der Waals surface area (Å²) < 4.78 is 5.49. The molecule has 0 amide bonds. The predicted octanol–water partition coefficient (Wildman–Crippen LogP) is 5.42. The normalized spacial score (nSPS) is 23.5. The molecular weight excluding hydrogens is 344 g/mol. The van der Waals surface area contributed by atoms with Gasteiger partial charge in [-0.25, -0.2) is 9.97 Å². The Hall–Kier alpha value is -1.49. The van der Waals surface area contributed by atoms with E-state index in [2.05, 4.69) is 30.7 Å². The van der Waals surface area contributed by atoms with Crippen LogP contribution in [0.4, 0.5) is 0 Å². The highest BCUT2D eigenvalue weighted by Crippen LogP contribution is 2.45. The zero-order valence-electron chi connectivity index (χ0n) is 16.8. The molecule has 0 fully saturated rings. The summed E-state index contributed by atoms with van der Waals surface area (Å²) in [5.74, 6) is 1.50. The Balaban J connectivity index is 1.77. The van der Waals surface area contributed by atoms with Crippen molar-refractivity contribution in [3.63, 3.8) is 0 Å². The van der Waals surface area contributed by atoms with E-state index in [0.717, 1.165) is 29.8 Å². The van der Waals surface area contributed by atoms with E-state index in [1.54, 1.807) is 6.33 Å². The quantitative estimate of drug-likeness (QED) is 0.531. The van der Waals surface area contributed by atoms with Crippen molar-refractivity contribution in [2.24, 2.45) is 11.8 Å². The molecule has 0 saturated carbocycles. The van der Waals surface area contributed by atoms with Crippen molar-refractivity contribution < 1.29 is 9.53 Å². The van der Waals surface area contributed by atoms with E-state index >= 15 is 0 Å². The lowest BCUT2D eigenvalue weighted by Gasteiger charge is -2.24. The van der Waals surface area contributed by atoms with Gasteiger partial charge in [-0.15, -0.1) is 11.3 Å². The lowest BCUT2D eigenvalue weighted by Crippen LogP contribution is -2.24. The average molecular weight is 375 g/mol. The molecule has 1 aliphatic carbocycles. The number of aryl methyl sites for hydroxylation is 1. The lowest BCUT2D eigenvalue weighted by atomic mass is 9.83. The molecule has 0 spiro atoms. The van der Waals surface area contributed by atoms with E-state index in [0.29, 0.717) is 24.2 Å². The molecule has 0 radical (unpaired) electrons. The number of hydrogen-bond donors (Lipinski definition) is 0. The first-order valence-electron chi connectivity index (χ1n) is 9.60. The minimum absolute atomic E-state index is 0.0777. The fourth-order valence-electron chi connectivity index (χ4n) is 4.15. The second-order valence-electron chi connectivity index (χ2n) is 8.79. The van der Waals surface area contributed by atoms with Crippen LogP contribution in [0.5, 0.6) is 0 Å². The molecule has 2 heterocycles. The van der Waals surface area contributed by atoms with Gasteiger partial charge in [0.05, 0.1) is 0 Å². The van der Waals surface area contributed by atoms with Crippen LogP contribution >= 0.6 is 11.3 Å². The summed E-state index contributed by atoms with van der Waals surface area (Å²) in [6, 6.07) is 0. The first-order chi connectivity index (χ1) is 12.2. The molecule has 26 heavy (non-hydrogen) atoms. The third-order valence-electron chi connectivity index (χ3n) is 5.38. The molecule has 3 rings (SSSR count). The molecule has 2 aromatic heterocycles. The summed E-state index contributed by atoms with van der Waals surface area (Å²) >= 11 is 1.83. The molecule has 0 saturated heterocycles. The third kappa shape index (κ3) is 4.08. The van der Waals surface area contributed by atoms with Gasteiger partial charge in [-0.3, -0.25) is 4.79 Å². The number of nitrogens with zero attached hydrogens (tertiary/aromatic N) is 2. The summed E-state index contributed by atoms with van der Waals surface area (Å²) in [5, 5.41) is 1.26. The van der Waals surface area contributed by atoms with Crippen molar-refractivity contribution >= 4 is 27.5 Å². The molecule has 4 nitrogen and oxygen atoms in total. The minimum Gasteiger partial charge on any atom is -0.460 e. The fraction of sp³-hybridized carbons (Fsp3) is 0.667. The number of carbonyl (C=O) groups is 1. The van der Waals surface area contributed by atoms with Gasteiger partial charge in [0.2, 0.25) is 0 Å². The van der Waals surface area contributed by atoms with E-state index < -0.39 is 5.60 Å². The van der Waals surface area contributed by atoms with E-state index in [-0.39, 0.29) is 5.97 Å². The fourth-order valence-corrected chi connectivity index (χ4v) is 5.43. The smallest absolute Gasteiger partial charge is 0.306 e. The third-order valence-corrected chi connectivity index (χ3v) is 6.75. The van der Waals surface area contributed by atoms with Crippen molar-refractivity contribution in [2.45, 2.75) is 78.7 Å². The Kier molecular flexibility index (Phi) is 5.38. The average Bonchev–Trinajstić information content (AvgIpc) is 2.84. The van der Waals surface area contributed by atoms with Crippen molar-refractivity contribution in [1.82, 2.24) is 9.97 Å². The largest absolute Gasteiger partial charge is 0.460 e. The Labute approximate surface area is 160 Å². The first kappa shape index (κ1) is 19.3. The zero-order valence-corrected chi connectivity index (χ0v) is 17.6. The summed E-state index contributed by atoms with van der Waals surface area (Å²) in [5.41, 5.74) is 2.13. The van der Waals surface area contributed by atoms with Crippen molar-refractivity contribution in [3.05, 3.63) is 22.5 Å². The molecule has 2 aromatic rings. The van der Waals surface area contributed by atoms with Gasteiger partial charge in [0, 0.05) is 22.4 Å². The van der Waals surface area contributed by atoms with E-state index in [9.17, 15) is 4.79 Å². The van der Waals surface area contributed by atoms with Crippen molar-refractivity contribution in [1.29, 1.82) is 0 Å². The second kappa shape index (κ2) is 7.26. The molecule has 0 aromatic carbocycles. The van der Waals surface area contributed by atoms with Gasteiger partial charge in [0.1, 0.15) is 16.8 Å². The van der Waals surface area contributed by atoms with Gasteiger partial charge in [-0.1, -0.05) is 13.8 Å². The number of thiophene rings is 1. The monoisotopic (exact) mass is 374 g/mol. The number of carbonyl (C=O) groups excluding carboxylic acids is 1. The molecular formula is C21H30N2O2S. The van der Waals surface area contributed by atoms with Crippen LogP contribution in [0, 0.1) is 18.8 Å². The molecule has 1 aliphatic rings. The van der Waals surface area contributed by atoms with Crippen LogP contribution in [0.1, 0.15) is 75.9 Å². The van der Waals surface area contributed by atoms with E-state index in [1.165, 1.54) is 15.8 Å². The van der Waals surface area contributed by atoms with Crippen LogP contribution in [0.2, 0.25) is 0 Å². The molecule has 3 atom stereocenters. The van der Waals surface area contributed by atoms with Crippen LogP contribution in [0.3, 0.4) is 0 Å². The molecule has 0 N–H and O–H groups in total. The number of ether oxygens (including phenoxy) is 1. The highest BCUT2D eigenvalue weighted by molar-refractivity contribution is 7.19. The maximum Gasteiger partial charge on any atom is 0.306 e. The number of aromatic nitrogens is 2. The summed E-state index contributed by atoms with van der Waals surface area (Å²) in [6.07, 6.45) is 5.26. The van der Waals surface area contributed by atoms with Gasteiger partial charge in [-0.2, -0.15) is 0 Å². The van der Waals surface area contributed by atoms with E-state index in [4.69, 9.17) is 4.74 Å². The molecule has 0 bridgehead atoms. The Morgan fingerprint density at radius 1 is 1.31 bits per heavy atom. The lowest BCUT2D eigenvalue weighted by molar-refractivity contribution is -0.155. The molecule has 0 aliphatic heterocycles. The maximum absolute atomic E-state index is 12.1. The SMILES string of the molecule is Cc1ncnc2sc3c(c12)C[C@@H](C)C(CCC(=O)OC(C)(C)C)C[C@@H]3C. The number of esters is 1. The predicted molar refractivity (Wildman–Crippen MR) is 107 cm³/mol. The number of rotatable bonds is 3. The van der Waals surface area contributed by atoms with Crippen LogP contribution in [-0.2, 0) is 16.0 Å². The summed E-state index contributed by atoms with van der Waals surface area (Å²) in [7, 11) is 0. The molecule has 1 unspecified atom stereocenters. The molecule has 142 valence electrons. The first-order valence-corrected chi connectivity index (χ1v) is 10.4. The van der Waals surface area contributed by atoms with E-state index in [1.807, 2.05) is 32.1 Å². The van der Waals surface area contributed by atoms with Gasteiger partial charge in [0.15, 0.2) is 0 Å². The Bertz CT molecular complexity index is 806. The van der Waals surface area contributed by atoms with Gasteiger partial charge >= 0.3 is 5.97 Å². The van der Waals surface area contributed by atoms with Crippen molar-refractivity contribution in [3.8, 4) is 0 Å². The highest BCUT2D eigenvalue weighted by atomic mass is 32.1. The standard InChI is InChI=1S/C21H30N2O2S/c1-12-10-16-18-14(3)22-11-23-20(18)26-19(16)13(2)9-15(12)7-8-17(24)25-21(4,5)6/h11-13,15H,7-10H2,1-6H3/t12-,13+,15?/m1/s1. The van der Waals surface area contributed by atoms with Crippen LogP contribution in [-0.4, -0.2) is 21.5 Å². The highest BCUT2D eigenvalue weighted by Gasteiger charge is 2.31. The zero-order chi connectivity index (χ0) is 19.1. The summed E-state index contributed by atoms with van der Waals surface area (Å²) in [6.45, 7) is 12.5. The topological polar surface area (TPSA) is 52.1 Å². The maximum atomic E-state index is 12.1.